The molecule has 0 bridgehead atoms. The van der Waals surface area contributed by atoms with Crippen molar-refractivity contribution in [2.45, 2.75) is 22.8 Å². The molecule has 2 atom stereocenters. The Labute approximate surface area is 182 Å². The number of carbonyl (C=O) groups excluding carboxylic acids is 2. The zero-order valence-electron chi connectivity index (χ0n) is 16.4. The molecule has 4 rings (SSSR count). The summed E-state index contributed by atoms with van der Waals surface area (Å²) >= 11 is 5.93. The van der Waals surface area contributed by atoms with Gasteiger partial charge in [0.25, 0.3) is 11.8 Å². The molecule has 1 N–H and O–H groups in total. The fraction of sp³-hybridized carbons (Fsp3) is 0.130. The quantitative estimate of drug-likeness (QED) is 0.650. The van der Waals surface area contributed by atoms with Crippen LogP contribution in [-0.4, -0.2) is 23.1 Å². The van der Waals surface area contributed by atoms with E-state index in [1.807, 2.05) is 19.1 Å². The SMILES string of the molecule is CC(NC(=O)c1ccc2c(c1)N(C)C(=O)c1ccccc1[S@@]2=O)c1ccc(Cl)cc1. The minimum atomic E-state index is -1.52. The van der Waals surface area contributed by atoms with Gasteiger partial charge in [0.1, 0.15) is 0 Å². The molecule has 1 unspecified atom stereocenters. The summed E-state index contributed by atoms with van der Waals surface area (Å²) in [5.74, 6) is -0.543. The van der Waals surface area contributed by atoms with E-state index in [0.29, 0.717) is 31.6 Å². The third kappa shape index (κ3) is 3.64. The van der Waals surface area contributed by atoms with Gasteiger partial charge < -0.3 is 10.2 Å². The topological polar surface area (TPSA) is 66.5 Å². The Balaban J connectivity index is 1.65. The van der Waals surface area contributed by atoms with E-state index in [4.69, 9.17) is 11.6 Å². The number of amides is 2. The van der Waals surface area contributed by atoms with Gasteiger partial charge in [0.05, 0.1) is 37.9 Å². The zero-order valence-corrected chi connectivity index (χ0v) is 18.0. The normalized spacial score (nSPS) is 16.3. The lowest BCUT2D eigenvalue weighted by Gasteiger charge is -2.19. The molecule has 152 valence electrons. The van der Waals surface area contributed by atoms with Gasteiger partial charge in [0.2, 0.25) is 0 Å². The maximum atomic E-state index is 13.1. The van der Waals surface area contributed by atoms with Crippen LogP contribution in [0.1, 0.15) is 39.2 Å². The molecule has 1 aliphatic rings. The highest BCUT2D eigenvalue weighted by Gasteiger charge is 2.29. The summed E-state index contributed by atoms with van der Waals surface area (Å²) in [6, 6.07) is 18.8. The first-order valence-electron chi connectivity index (χ1n) is 9.36. The summed E-state index contributed by atoms with van der Waals surface area (Å²) in [5, 5.41) is 3.58. The first kappa shape index (κ1) is 20.3. The number of rotatable bonds is 3. The van der Waals surface area contributed by atoms with Gasteiger partial charge in [-0.05, 0) is 55.0 Å². The molecule has 0 saturated heterocycles. The van der Waals surface area contributed by atoms with Crippen molar-refractivity contribution in [1.29, 1.82) is 0 Å². The molecular formula is C23H19ClN2O3S. The maximum absolute atomic E-state index is 13.1. The Morgan fingerprint density at radius 2 is 1.73 bits per heavy atom. The van der Waals surface area contributed by atoms with Gasteiger partial charge in [-0.1, -0.05) is 35.9 Å². The molecule has 1 heterocycles. The molecule has 0 fully saturated rings. The monoisotopic (exact) mass is 438 g/mol. The fourth-order valence-corrected chi connectivity index (χ4v) is 4.90. The molecule has 7 heteroatoms. The van der Waals surface area contributed by atoms with Gasteiger partial charge in [0, 0.05) is 17.6 Å². The largest absolute Gasteiger partial charge is 0.346 e. The fourth-order valence-electron chi connectivity index (χ4n) is 3.41. The van der Waals surface area contributed by atoms with Crippen LogP contribution in [0.3, 0.4) is 0 Å². The smallest absolute Gasteiger partial charge is 0.259 e. The summed E-state index contributed by atoms with van der Waals surface area (Å²) in [7, 11) is 0.104. The molecule has 30 heavy (non-hydrogen) atoms. The van der Waals surface area contributed by atoms with E-state index in [1.54, 1.807) is 61.6 Å². The average molecular weight is 439 g/mol. The highest BCUT2D eigenvalue weighted by molar-refractivity contribution is 7.85. The highest BCUT2D eigenvalue weighted by atomic mass is 35.5. The van der Waals surface area contributed by atoms with Crippen LogP contribution in [0.5, 0.6) is 0 Å². The second-order valence-electron chi connectivity index (χ2n) is 7.06. The van der Waals surface area contributed by atoms with Crippen molar-refractivity contribution >= 4 is 39.9 Å². The lowest BCUT2D eigenvalue weighted by Crippen LogP contribution is -2.28. The van der Waals surface area contributed by atoms with E-state index in [9.17, 15) is 13.8 Å². The third-order valence-corrected chi connectivity index (χ3v) is 6.87. The lowest BCUT2D eigenvalue weighted by atomic mass is 10.1. The number of hydrogen-bond acceptors (Lipinski definition) is 3. The van der Waals surface area contributed by atoms with Gasteiger partial charge in [-0.2, -0.15) is 0 Å². The van der Waals surface area contributed by atoms with Crippen LogP contribution in [-0.2, 0) is 10.8 Å². The molecular weight excluding hydrogens is 420 g/mol. The molecule has 0 saturated carbocycles. The van der Waals surface area contributed by atoms with Crippen molar-refractivity contribution in [1.82, 2.24) is 5.32 Å². The van der Waals surface area contributed by atoms with E-state index < -0.39 is 10.8 Å². The molecule has 0 aromatic heterocycles. The van der Waals surface area contributed by atoms with E-state index >= 15 is 0 Å². The number of carbonyl (C=O) groups is 2. The van der Waals surface area contributed by atoms with Crippen LogP contribution in [0, 0.1) is 0 Å². The second-order valence-corrected chi connectivity index (χ2v) is 8.91. The number of hydrogen-bond donors (Lipinski definition) is 1. The number of benzene rings is 3. The maximum Gasteiger partial charge on any atom is 0.259 e. The molecule has 2 amide bonds. The minimum Gasteiger partial charge on any atom is -0.346 e. The molecule has 0 radical (unpaired) electrons. The van der Waals surface area contributed by atoms with Crippen molar-refractivity contribution < 1.29 is 13.8 Å². The van der Waals surface area contributed by atoms with Crippen molar-refractivity contribution in [3.8, 4) is 0 Å². The van der Waals surface area contributed by atoms with Crippen molar-refractivity contribution in [3.05, 3.63) is 88.4 Å². The van der Waals surface area contributed by atoms with Gasteiger partial charge in [-0.15, -0.1) is 0 Å². The predicted molar refractivity (Wildman–Crippen MR) is 118 cm³/mol. The first-order valence-corrected chi connectivity index (χ1v) is 10.9. The molecule has 5 nitrogen and oxygen atoms in total. The van der Waals surface area contributed by atoms with E-state index in [1.165, 1.54) is 4.90 Å². The summed E-state index contributed by atoms with van der Waals surface area (Å²) in [4.78, 5) is 28.1. The van der Waals surface area contributed by atoms with Crippen LogP contribution < -0.4 is 10.2 Å². The Kier molecular flexibility index (Phi) is 5.45. The summed E-state index contributed by atoms with van der Waals surface area (Å²) in [6.07, 6.45) is 0. The van der Waals surface area contributed by atoms with Gasteiger partial charge in [-0.25, -0.2) is 4.21 Å². The van der Waals surface area contributed by atoms with E-state index in [2.05, 4.69) is 5.32 Å². The van der Waals surface area contributed by atoms with E-state index in [0.717, 1.165) is 5.56 Å². The Hall–Kier alpha value is -2.96. The van der Waals surface area contributed by atoms with Gasteiger partial charge in [-0.3, -0.25) is 9.59 Å². The van der Waals surface area contributed by atoms with Crippen molar-refractivity contribution in [3.63, 3.8) is 0 Å². The van der Waals surface area contributed by atoms with E-state index in [-0.39, 0.29) is 17.9 Å². The molecule has 1 aliphatic heterocycles. The highest BCUT2D eigenvalue weighted by Crippen LogP contribution is 2.34. The molecule has 0 aliphatic carbocycles. The summed E-state index contributed by atoms with van der Waals surface area (Å²) in [5.41, 5.74) is 2.17. The number of halogens is 1. The van der Waals surface area contributed by atoms with Crippen molar-refractivity contribution in [2.24, 2.45) is 0 Å². The first-order chi connectivity index (χ1) is 14.4. The van der Waals surface area contributed by atoms with Crippen LogP contribution in [0.4, 0.5) is 5.69 Å². The zero-order chi connectivity index (χ0) is 21.4. The molecule has 0 spiro atoms. The Morgan fingerprint density at radius 1 is 1.03 bits per heavy atom. The Bertz CT molecular complexity index is 1180. The predicted octanol–water partition coefficient (Wildman–Crippen LogP) is 4.59. The van der Waals surface area contributed by atoms with Gasteiger partial charge in [0.15, 0.2) is 0 Å². The standard InChI is InChI=1S/C23H19ClN2O3S/c1-14(15-7-10-17(24)11-8-15)25-22(27)16-9-12-21-19(13-16)26(2)23(28)18-5-3-4-6-20(18)30(21)29/h3-14H,1-2H3,(H,25,27)/t14?,30-/m0/s1. The number of nitrogens with one attached hydrogen (secondary N) is 1. The molecule has 3 aromatic carbocycles. The third-order valence-electron chi connectivity index (χ3n) is 5.12. The number of anilines is 1. The summed E-state index contributed by atoms with van der Waals surface area (Å²) < 4.78 is 13.1. The molecule has 3 aromatic rings. The number of nitrogens with zero attached hydrogens (tertiary/aromatic N) is 1. The van der Waals surface area contributed by atoms with Gasteiger partial charge >= 0.3 is 0 Å². The average Bonchev–Trinajstić information content (AvgIpc) is 2.84. The van der Waals surface area contributed by atoms with Crippen LogP contribution >= 0.6 is 11.6 Å². The lowest BCUT2D eigenvalue weighted by molar-refractivity contribution is 0.0937. The second kappa shape index (κ2) is 8.05. The van der Waals surface area contributed by atoms with Crippen LogP contribution in [0.2, 0.25) is 5.02 Å². The Morgan fingerprint density at radius 3 is 2.47 bits per heavy atom. The minimum absolute atomic E-state index is 0.230. The van der Waals surface area contributed by atoms with Crippen molar-refractivity contribution in [2.75, 3.05) is 11.9 Å². The summed E-state index contributed by atoms with van der Waals surface area (Å²) in [6.45, 7) is 1.88. The van der Waals surface area contributed by atoms with Crippen LogP contribution in [0.15, 0.2) is 76.5 Å². The number of fused-ring (bicyclic) bond motifs is 2. The van der Waals surface area contributed by atoms with Crippen LogP contribution in [0.25, 0.3) is 0 Å².